The molecule has 104 valence electrons. The minimum absolute atomic E-state index is 0.336. The standard InChI is InChI=1S/C14H15N3O3/c18-12(19)7-17-8-15-13-10(14(17)20)6-9-4-2-1-3-5-11(9)16-13/h6,8H,1-5,7H2,(H,18,19). The van der Waals surface area contributed by atoms with Crippen LogP contribution in [0.3, 0.4) is 0 Å². The quantitative estimate of drug-likeness (QED) is 0.829. The Kier molecular flexibility index (Phi) is 3.22. The Balaban J connectivity index is 2.17. The number of rotatable bonds is 2. The highest BCUT2D eigenvalue weighted by molar-refractivity contribution is 5.75. The lowest BCUT2D eigenvalue weighted by molar-refractivity contribution is -0.137. The van der Waals surface area contributed by atoms with E-state index in [1.165, 1.54) is 12.7 Å². The highest BCUT2D eigenvalue weighted by Gasteiger charge is 2.14. The van der Waals surface area contributed by atoms with Crippen molar-refractivity contribution in [2.24, 2.45) is 0 Å². The summed E-state index contributed by atoms with van der Waals surface area (Å²) in [6, 6.07) is 1.84. The number of nitrogens with zero attached hydrogens (tertiary/aromatic N) is 3. The molecule has 0 radical (unpaired) electrons. The van der Waals surface area contributed by atoms with E-state index in [9.17, 15) is 9.59 Å². The summed E-state index contributed by atoms with van der Waals surface area (Å²) in [5.74, 6) is -1.06. The number of fused-ring (bicyclic) bond motifs is 2. The van der Waals surface area contributed by atoms with Crippen molar-refractivity contribution in [3.63, 3.8) is 0 Å². The molecule has 0 amide bonds. The van der Waals surface area contributed by atoms with Crippen molar-refractivity contribution < 1.29 is 9.90 Å². The Morgan fingerprint density at radius 2 is 2.10 bits per heavy atom. The second-order valence-electron chi connectivity index (χ2n) is 5.10. The van der Waals surface area contributed by atoms with E-state index in [1.807, 2.05) is 6.07 Å². The van der Waals surface area contributed by atoms with Gasteiger partial charge in [0.2, 0.25) is 0 Å². The van der Waals surface area contributed by atoms with Crippen LogP contribution in [0.15, 0.2) is 17.2 Å². The maximum Gasteiger partial charge on any atom is 0.323 e. The molecule has 2 aromatic rings. The first kappa shape index (κ1) is 12.8. The molecule has 1 aliphatic rings. The second kappa shape index (κ2) is 5.03. The zero-order valence-corrected chi connectivity index (χ0v) is 11.0. The van der Waals surface area contributed by atoms with E-state index in [-0.39, 0.29) is 12.1 Å². The molecule has 20 heavy (non-hydrogen) atoms. The molecule has 0 aromatic carbocycles. The molecule has 0 saturated carbocycles. The third kappa shape index (κ3) is 2.29. The summed E-state index contributed by atoms with van der Waals surface area (Å²) in [5.41, 5.74) is 2.20. The highest BCUT2D eigenvalue weighted by Crippen LogP contribution is 2.21. The second-order valence-corrected chi connectivity index (χ2v) is 5.10. The normalized spacial score (nSPS) is 14.8. The number of carbonyl (C=O) groups is 1. The van der Waals surface area contributed by atoms with Crippen molar-refractivity contribution in [1.82, 2.24) is 14.5 Å². The number of aromatic nitrogens is 3. The molecular formula is C14H15N3O3. The molecule has 0 aliphatic heterocycles. The number of hydrogen-bond acceptors (Lipinski definition) is 4. The van der Waals surface area contributed by atoms with Crippen molar-refractivity contribution in [2.75, 3.05) is 0 Å². The first-order valence-electron chi connectivity index (χ1n) is 6.75. The molecule has 1 aliphatic carbocycles. The van der Waals surface area contributed by atoms with E-state index in [2.05, 4.69) is 9.97 Å². The van der Waals surface area contributed by atoms with Crippen LogP contribution in [0.4, 0.5) is 0 Å². The summed E-state index contributed by atoms with van der Waals surface area (Å²) >= 11 is 0. The van der Waals surface area contributed by atoms with Crippen LogP contribution in [0, 0.1) is 0 Å². The number of aliphatic carboxylic acids is 1. The van der Waals surface area contributed by atoms with E-state index < -0.39 is 5.97 Å². The first-order chi connectivity index (χ1) is 9.65. The number of aryl methyl sites for hydroxylation is 2. The van der Waals surface area contributed by atoms with Crippen LogP contribution in [-0.4, -0.2) is 25.6 Å². The minimum Gasteiger partial charge on any atom is -0.480 e. The topological polar surface area (TPSA) is 85.1 Å². The lowest BCUT2D eigenvalue weighted by Gasteiger charge is -2.08. The predicted molar refractivity (Wildman–Crippen MR) is 72.7 cm³/mol. The Morgan fingerprint density at radius 1 is 1.30 bits per heavy atom. The number of hydrogen-bond donors (Lipinski definition) is 1. The van der Waals surface area contributed by atoms with Gasteiger partial charge in [0.1, 0.15) is 12.9 Å². The van der Waals surface area contributed by atoms with Crippen molar-refractivity contribution >= 4 is 17.0 Å². The van der Waals surface area contributed by atoms with Gasteiger partial charge in [-0.3, -0.25) is 14.2 Å². The van der Waals surface area contributed by atoms with Gasteiger partial charge in [-0.2, -0.15) is 0 Å². The van der Waals surface area contributed by atoms with Gasteiger partial charge in [-0.05, 0) is 37.3 Å². The van der Waals surface area contributed by atoms with Crippen LogP contribution in [0.5, 0.6) is 0 Å². The SMILES string of the molecule is O=C(O)Cn1cnc2nc3c(cc2c1=O)CCCCC3. The van der Waals surface area contributed by atoms with Crippen LogP contribution in [0.2, 0.25) is 0 Å². The van der Waals surface area contributed by atoms with E-state index in [0.717, 1.165) is 41.5 Å². The monoisotopic (exact) mass is 273 g/mol. The summed E-state index contributed by atoms with van der Waals surface area (Å²) < 4.78 is 1.11. The summed E-state index contributed by atoms with van der Waals surface area (Å²) in [7, 11) is 0. The summed E-state index contributed by atoms with van der Waals surface area (Å²) in [4.78, 5) is 31.6. The molecule has 2 aromatic heterocycles. The molecule has 0 fully saturated rings. The fourth-order valence-corrected chi connectivity index (χ4v) is 2.65. The maximum absolute atomic E-state index is 12.3. The maximum atomic E-state index is 12.3. The Hall–Kier alpha value is -2.24. The zero-order valence-electron chi connectivity index (χ0n) is 11.0. The van der Waals surface area contributed by atoms with E-state index >= 15 is 0 Å². The Bertz CT molecular complexity index is 736. The van der Waals surface area contributed by atoms with Crippen LogP contribution in [0.25, 0.3) is 11.0 Å². The summed E-state index contributed by atoms with van der Waals surface area (Å²) in [6.45, 7) is -0.376. The van der Waals surface area contributed by atoms with Gasteiger partial charge >= 0.3 is 5.97 Å². The van der Waals surface area contributed by atoms with Gasteiger partial charge in [-0.15, -0.1) is 0 Å². The molecule has 3 rings (SSSR count). The average Bonchev–Trinajstić information content (AvgIpc) is 2.64. The largest absolute Gasteiger partial charge is 0.480 e. The molecule has 0 atom stereocenters. The average molecular weight is 273 g/mol. The molecule has 0 unspecified atom stereocenters. The van der Waals surface area contributed by atoms with Crippen molar-refractivity contribution in [3.8, 4) is 0 Å². The van der Waals surface area contributed by atoms with Crippen LogP contribution in [-0.2, 0) is 24.2 Å². The van der Waals surface area contributed by atoms with Gasteiger partial charge in [0.05, 0.1) is 5.39 Å². The van der Waals surface area contributed by atoms with Gasteiger partial charge in [0, 0.05) is 5.69 Å². The van der Waals surface area contributed by atoms with Gasteiger partial charge in [-0.25, -0.2) is 9.97 Å². The van der Waals surface area contributed by atoms with Gasteiger partial charge < -0.3 is 5.11 Å². The third-order valence-electron chi connectivity index (χ3n) is 3.65. The smallest absolute Gasteiger partial charge is 0.323 e. The highest BCUT2D eigenvalue weighted by atomic mass is 16.4. The molecule has 1 N–H and O–H groups in total. The van der Waals surface area contributed by atoms with E-state index in [4.69, 9.17) is 5.11 Å². The molecule has 0 bridgehead atoms. The van der Waals surface area contributed by atoms with E-state index in [1.54, 1.807) is 0 Å². The van der Waals surface area contributed by atoms with Gasteiger partial charge in [0.25, 0.3) is 5.56 Å². The predicted octanol–water partition coefficient (Wildman–Crippen LogP) is 1.15. The van der Waals surface area contributed by atoms with Crippen LogP contribution < -0.4 is 5.56 Å². The van der Waals surface area contributed by atoms with Crippen molar-refractivity contribution in [1.29, 1.82) is 0 Å². The molecule has 6 nitrogen and oxygen atoms in total. The molecule has 0 spiro atoms. The van der Waals surface area contributed by atoms with Gasteiger partial charge in [-0.1, -0.05) is 6.42 Å². The number of carboxylic acids is 1. The van der Waals surface area contributed by atoms with Crippen LogP contribution >= 0.6 is 0 Å². The van der Waals surface area contributed by atoms with Crippen LogP contribution in [0.1, 0.15) is 30.5 Å². The minimum atomic E-state index is -1.06. The number of carboxylic acid groups (broad SMARTS) is 1. The van der Waals surface area contributed by atoms with Crippen molar-refractivity contribution in [3.05, 3.63) is 34.0 Å². The lowest BCUT2D eigenvalue weighted by atomic mass is 10.1. The molecule has 2 heterocycles. The molecule has 0 saturated heterocycles. The van der Waals surface area contributed by atoms with E-state index in [0.29, 0.717) is 11.0 Å². The Morgan fingerprint density at radius 3 is 2.90 bits per heavy atom. The third-order valence-corrected chi connectivity index (χ3v) is 3.65. The zero-order chi connectivity index (χ0) is 14.1. The summed E-state index contributed by atoms with van der Waals surface area (Å²) in [5, 5.41) is 9.20. The fourth-order valence-electron chi connectivity index (χ4n) is 2.65. The lowest BCUT2D eigenvalue weighted by Crippen LogP contribution is -2.25. The summed E-state index contributed by atoms with van der Waals surface area (Å²) in [6.07, 6.45) is 6.49. The Labute approximate surface area is 115 Å². The fraction of sp³-hybridized carbons (Fsp3) is 0.429. The molecule has 6 heteroatoms. The molecular weight excluding hydrogens is 258 g/mol. The van der Waals surface area contributed by atoms with Gasteiger partial charge in [0.15, 0.2) is 5.65 Å². The number of pyridine rings is 1. The first-order valence-corrected chi connectivity index (χ1v) is 6.75. The van der Waals surface area contributed by atoms with Crippen molar-refractivity contribution in [2.45, 2.75) is 38.6 Å².